The smallest absolute Gasteiger partial charge is 0.338 e. The average Bonchev–Trinajstić information content (AvgIpc) is 3.02. The number of thiocarbonyl (C=S) groups is 1. The minimum Gasteiger partial charge on any atom is -0.462 e. The van der Waals surface area contributed by atoms with Crippen LogP contribution in [0, 0.1) is 0 Å². The highest BCUT2D eigenvalue weighted by Crippen LogP contribution is 2.22. The molecule has 0 aliphatic carbocycles. The zero-order chi connectivity index (χ0) is 24.0. The first-order chi connectivity index (χ1) is 15.8. The Morgan fingerprint density at radius 1 is 1.09 bits per heavy atom. The number of amides is 2. The molecule has 0 aromatic heterocycles. The van der Waals surface area contributed by atoms with E-state index >= 15 is 0 Å². The van der Waals surface area contributed by atoms with E-state index in [9.17, 15) is 14.4 Å². The van der Waals surface area contributed by atoms with Crippen molar-refractivity contribution < 1.29 is 19.1 Å². The maximum Gasteiger partial charge on any atom is 0.338 e. The van der Waals surface area contributed by atoms with Crippen molar-refractivity contribution in [2.75, 3.05) is 25.0 Å². The van der Waals surface area contributed by atoms with Gasteiger partial charge >= 0.3 is 5.97 Å². The molecule has 1 aliphatic rings. The van der Waals surface area contributed by atoms with Crippen molar-refractivity contribution in [3.05, 3.63) is 64.7 Å². The Kier molecular flexibility index (Phi) is 8.41. The van der Waals surface area contributed by atoms with Gasteiger partial charge in [-0.1, -0.05) is 23.7 Å². The summed E-state index contributed by atoms with van der Waals surface area (Å²) >= 11 is 11.5. The molecule has 0 bridgehead atoms. The second-order valence-corrected chi connectivity index (χ2v) is 8.30. The third-order valence-corrected chi connectivity index (χ3v) is 6.04. The third kappa shape index (κ3) is 6.09. The summed E-state index contributed by atoms with van der Waals surface area (Å²) in [6, 6.07) is 13.3. The van der Waals surface area contributed by atoms with E-state index in [2.05, 4.69) is 5.32 Å². The zero-order valence-corrected chi connectivity index (χ0v) is 20.1. The summed E-state index contributed by atoms with van der Waals surface area (Å²) in [6.07, 6.45) is 0.630. The minimum atomic E-state index is -0.663. The van der Waals surface area contributed by atoms with Crippen molar-refractivity contribution in [1.82, 2.24) is 9.80 Å². The molecule has 33 heavy (non-hydrogen) atoms. The van der Waals surface area contributed by atoms with Gasteiger partial charge in [0.1, 0.15) is 6.04 Å². The number of benzene rings is 2. The van der Waals surface area contributed by atoms with Gasteiger partial charge in [0, 0.05) is 23.8 Å². The number of hydrogen-bond acceptors (Lipinski definition) is 5. The van der Waals surface area contributed by atoms with Gasteiger partial charge in [0.05, 0.1) is 18.6 Å². The van der Waals surface area contributed by atoms with Crippen molar-refractivity contribution in [2.24, 2.45) is 0 Å². The lowest BCUT2D eigenvalue weighted by molar-refractivity contribution is -0.130. The predicted octanol–water partition coefficient (Wildman–Crippen LogP) is 3.91. The van der Waals surface area contributed by atoms with Crippen molar-refractivity contribution in [1.29, 1.82) is 0 Å². The van der Waals surface area contributed by atoms with Crippen molar-refractivity contribution >= 4 is 52.4 Å². The van der Waals surface area contributed by atoms with E-state index < -0.39 is 12.0 Å². The molecule has 9 heteroatoms. The number of hydrogen-bond donors (Lipinski definition) is 1. The maximum absolute atomic E-state index is 12.9. The van der Waals surface area contributed by atoms with E-state index in [-0.39, 0.29) is 24.8 Å². The van der Waals surface area contributed by atoms with Crippen LogP contribution in [0.1, 0.15) is 36.2 Å². The highest BCUT2D eigenvalue weighted by molar-refractivity contribution is 7.80. The molecular weight excluding hydrogens is 462 g/mol. The molecule has 3 rings (SSSR count). The molecule has 0 radical (unpaired) electrons. The van der Waals surface area contributed by atoms with Crippen LogP contribution < -0.4 is 5.32 Å². The van der Waals surface area contributed by atoms with Crippen LogP contribution in [-0.4, -0.2) is 58.4 Å². The van der Waals surface area contributed by atoms with E-state index in [1.807, 2.05) is 36.1 Å². The van der Waals surface area contributed by atoms with Gasteiger partial charge in [0.2, 0.25) is 5.91 Å². The molecule has 1 aliphatic heterocycles. The number of nitrogens with zero attached hydrogens (tertiary/aromatic N) is 2. The highest BCUT2D eigenvalue weighted by Gasteiger charge is 2.42. The number of rotatable bonds is 9. The fourth-order valence-electron chi connectivity index (χ4n) is 3.63. The van der Waals surface area contributed by atoms with Gasteiger partial charge in [-0.3, -0.25) is 14.5 Å². The third-order valence-electron chi connectivity index (χ3n) is 5.33. The first kappa shape index (κ1) is 24.7. The Bertz CT molecular complexity index is 1030. The van der Waals surface area contributed by atoms with Crippen LogP contribution in [0.4, 0.5) is 5.69 Å². The molecule has 1 heterocycles. The van der Waals surface area contributed by atoms with Crippen LogP contribution in [0.2, 0.25) is 5.02 Å². The Hall–Kier alpha value is -2.97. The molecule has 174 valence electrons. The molecule has 1 N–H and O–H groups in total. The summed E-state index contributed by atoms with van der Waals surface area (Å²) in [5, 5.41) is 3.89. The molecule has 2 aromatic carbocycles. The van der Waals surface area contributed by atoms with Gasteiger partial charge < -0.3 is 15.0 Å². The molecule has 1 fully saturated rings. The van der Waals surface area contributed by atoms with Crippen molar-refractivity contribution in [3.8, 4) is 0 Å². The van der Waals surface area contributed by atoms with E-state index in [4.69, 9.17) is 28.6 Å². The van der Waals surface area contributed by atoms with Gasteiger partial charge in [-0.25, -0.2) is 4.79 Å². The summed E-state index contributed by atoms with van der Waals surface area (Å²) in [6.45, 7) is 4.84. The molecule has 0 unspecified atom stereocenters. The van der Waals surface area contributed by atoms with Crippen LogP contribution in [0.15, 0.2) is 48.5 Å². The largest absolute Gasteiger partial charge is 0.462 e. The van der Waals surface area contributed by atoms with E-state index in [0.29, 0.717) is 40.9 Å². The minimum absolute atomic E-state index is 0.0320. The normalized spacial score (nSPS) is 15.7. The second-order valence-electron chi connectivity index (χ2n) is 7.50. The molecule has 7 nitrogen and oxygen atoms in total. The lowest BCUT2D eigenvalue weighted by Gasteiger charge is -2.23. The van der Waals surface area contributed by atoms with Crippen LogP contribution in [0.25, 0.3) is 0 Å². The SMILES string of the molecule is CCOC(=O)c1ccc(NC(=O)C[C@H]2C(=O)N(CC)C(=S)N2CCc2ccc(Cl)cc2)cc1. The Morgan fingerprint density at radius 3 is 2.36 bits per heavy atom. The monoisotopic (exact) mass is 487 g/mol. The van der Waals surface area contributed by atoms with Gasteiger partial charge in [0.15, 0.2) is 5.11 Å². The lowest BCUT2D eigenvalue weighted by Crippen LogP contribution is -2.39. The van der Waals surface area contributed by atoms with Gasteiger partial charge in [-0.15, -0.1) is 0 Å². The summed E-state index contributed by atoms with van der Waals surface area (Å²) in [4.78, 5) is 40.8. The topological polar surface area (TPSA) is 78.9 Å². The summed E-state index contributed by atoms with van der Waals surface area (Å²) in [5.41, 5.74) is 1.99. The first-order valence-corrected chi connectivity index (χ1v) is 11.6. The number of likely N-dealkylation sites (N-methyl/N-ethyl adjacent to an activating group) is 1. The number of esters is 1. The molecule has 2 aromatic rings. The van der Waals surface area contributed by atoms with Crippen LogP contribution in [0.3, 0.4) is 0 Å². The Morgan fingerprint density at radius 2 is 1.76 bits per heavy atom. The number of nitrogens with one attached hydrogen (secondary N) is 1. The van der Waals surface area contributed by atoms with Crippen LogP contribution >= 0.6 is 23.8 Å². The lowest BCUT2D eigenvalue weighted by atomic mass is 10.1. The number of carbonyl (C=O) groups is 3. The van der Waals surface area contributed by atoms with Gasteiger partial charge in [0.25, 0.3) is 5.91 Å². The molecule has 0 spiro atoms. The summed E-state index contributed by atoms with van der Waals surface area (Å²) < 4.78 is 4.96. The Labute approximate surface area is 203 Å². The number of halogens is 1. The van der Waals surface area contributed by atoms with E-state index in [0.717, 1.165) is 5.56 Å². The zero-order valence-electron chi connectivity index (χ0n) is 18.5. The fourth-order valence-corrected chi connectivity index (χ4v) is 4.19. The highest BCUT2D eigenvalue weighted by atomic mass is 35.5. The number of anilines is 1. The standard InChI is InChI=1S/C24H26ClN3O4S/c1-3-27-22(30)20(28(24(27)33)14-13-16-5-9-18(25)10-6-16)15-21(29)26-19-11-7-17(8-12-19)23(31)32-4-2/h5-12,20H,3-4,13-15H2,1-2H3,(H,26,29)/t20-/m0/s1. The number of ether oxygens (including phenoxy) is 1. The van der Waals surface area contributed by atoms with E-state index in [1.54, 1.807) is 31.2 Å². The number of carbonyl (C=O) groups excluding carboxylic acids is 3. The molecule has 1 atom stereocenters. The summed E-state index contributed by atoms with van der Waals surface area (Å²) in [5.74, 6) is -0.905. The molecular formula is C24H26ClN3O4S. The summed E-state index contributed by atoms with van der Waals surface area (Å²) in [7, 11) is 0. The predicted molar refractivity (Wildman–Crippen MR) is 131 cm³/mol. The van der Waals surface area contributed by atoms with Gasteiger partial charge in [-0.05, 0) is 74.4 Å². The average molecular weight is 488 g/mol. The molecule has 0 saturated carbocycles. The second kappa shape index (κ2) is 11.2. The fraction of sp³-hybridized carbons (Fsp3) is 0.333. The van der Waals surface area contributed by atoms with Crippen molar-refractivity contribution in [3.63, 3.8) is 0 Å². The first-order valence-electron chi connectivity index (χ1n) is 10.8. The van der Waals surface area contributed by atoms with Crippen LogP contribution in [-0.2, 0) is 20.7 Å². The van der Waals surface area contributed by atoms with Crippen molar-refractivity contribution in [2.45, 2.75) is 32.7 Å². The van der Waals surface area contributed by atoms with Crippen LogP contribution in [0.5, 0.6) is 0 Å². The molecule has 2 amide bonds. The molecule has 1 saturated heterocycles. The van der Waals surface area contributed by atoms with Gasteiger partial charge in [-0.2, -0.15) is 0 Å². The quantitative estimate of drug-likeness (QED) is 0.427. The van der Waals surface area contributed by atoms with E-state index in [1.165, 1.54) is 4.90 Å². The maximum atomic E-state index is 12.9. The Balaban J connectivity index is 1.66.